The highest BCUT2D eigenvalue weighted by Crippen LogP contribution is 2.58. The molecule has 0 aliphatic heterocycles. The Morgan fingerprint density at radius 3 is 2.54 bits per heavy atom. The van der Waals surface area contributed by atoms with Gasteiger partial charge in [0.2, 0.25) is 0 Å². The molecule has 0 heterocycles. The zero-order valence-electron chi connectivity index (χ0n) is 15.3. The molecule has 1 spiro atoms. The fourth-order valence-electron chi connectivity index (χ4n) is 5.34. The largest absolute Gasteiger partial charge is 0.466 e. The number of carbonyl (C=O) groups is 1. The number of fused-ring (bicyclic) bond motifs is 1. The molecule has 1 aromatic rings. The van der Waals surface area contributed by atoms with E-state index < -0.39 is 12.7 Å². The number of hydrogen-bond donors (Lipinski definition) is 0. The Bertz CT molecular complexity index is 667. The lowest BCUT2D eigenvalue weighted by Crippen LogP contribution is -2.46. The molecule has 2 aliphatic rings. The number of carbonyl (C=O) groups excluding carboxylic acids is 1. The molecule has 0 radical (unpaired) electrons. The predicted molar refractivity (Wildman–Crippen MR) is 98.1 cm³/mol. The summed E-state index contributed by atoms with van der Waals surface area (Å²) in [6.07, 6.45) is 1.63. The van der Waals surface area contributed by atoms with Gasteiger partial charge in [0, 0.05) is 4.47 Å². The van der Waals surface area contributed by atoms with Crippen molar-refractivity contribution in [3.63, 3.8) is 0 Å². The molecule has 3 atom stereocenters. The molecule has 0 amide bonds. The fourth-order valence-corrected chi connectivity index (χ4v) is 5.71. The lowest BCUT2D eigenvalue weighted by molar-refractivity contribution is -0.206. The minimum absolute atomic E-state index is 0.0533. The first kappa shape index (κ1) is 19.7. The standard InChI is InChI=1S/C20H25BrF2O3/c1-4-25-18(24)16-15-7-14(21)6-5-13(15)10-20(16)8-11(2)17(12(3)9-20)26-19(22)23/h5-7,11-12,16-17,19H,4,8-10H2,1-3H3. The summed E-state index contributed by atoms with van der Waals surface area (Å²) in [5, 5.41) is 0. The molecule has 2 aliphatic carbocycles. The number of esters is 1. The number of benzene rings is 1. The van der Waals surface area contributed by atoms with Crippen LogP contribution in [0.2, 0.25) is 0 Å². The van der Waals surface area contributed by atoms with Crippen LogP contribution in [0.4, 0.5) is 8.78 Å². The molecule has 0 saturated heterocycles. The van der Waals surface area contributed by atoms with E-state index in [-0.39, 0.29) is 29.1 Å². The molecule has 3 rings (SSSR count). The van der Waals surface area contributed by atoms with Gasteiger partial charge in [-0.25, -0.2) is 0 Å². The van der Waals surface area contributed by atoms with E-state index in [1.54, 1.807) is 6.92 Å². The van der Waals surface area contributed by atoms with Gasteiger partial charge in [-0.15, -0.1) is 0 Å². The first-order chi connectivity index (χ1) is 12.3. The lowest BCUT2D eigenvalue weighted by atomic mass is 9.59. The van der Waals surface area contributed by atoms with Gasteiger partial charge in [0.15, 0.2) is 0 Å². The third-order valence-corrected chi connectivity index (χ3v) is 6.43. The maximum atomic E-state index is 12.9. The maximum absolute atomic E-state index is 12.9. The quantitative estimate of drug-likeness (QED) is 0.606. The molecule has 0 N–H and O–H groups in total. The van der Waals surface area contributed by atoms with Crippen LogP contribution < -0.4 is 0 Å². The fraction of sp³-hybridized carbons (Fsp3) is 0.650. The average Bonchev–Trinajstić information content (AvgIpc) is 2.83. The van der Waals surface area contributed by atoms with E-state index in [1.165, 1.54) is 0 Å². The molecular formula is C20H25BrF2O3. The van der Waals surface area contributed by atoms with Gasteiger partial charge in [-0.3, -0.25) is 4.79 Å². The molecule has 1 fully saturated rings. The minimum Gasteiger partial charge on any atom is -0.466 e. The number of halogens is 3. The van der Waals surface area contributed by atoms with E-state index in [0.717, 1.165) is 22.0 Å². The van der Waals surface area contributed by atoms with Crippen LogP contribution >= 0.6 is 15.9 Å². The Morgan fingerprint density at radius 1 is 1.31 bits per heavy atom. The summed E-state index contributed by atoms with van der Waals surface area (Å²) in [6.45, 7) is 3.27. The van der Waals surface area contributed by atoms with Gasteiger partial charge >= 0.3 is 12.6 Å². The normalized spacial score (nSPS) is 33.5. The second-order valence-corrected chi connectivity index (χ2v) is 8.71. The summed E-state index contributed by atoms with van der Waals surface area (Å²) in [7, 11) is 0. The van der Waals surface area contributed by atoms with Gasteiger partial charge < -0.3 is 9.47 Å². The van der Waals surface area contributed by atoms with Crippen molar-refractivity contribution >= 4 is 21.9 Å². The van der Waals surface area contributed by atoms with E-state index >= 15 is 0 Å². The monoisotopic (exact) mass is 430 g/mol. The van der Waals surface area contributed by atoms with Crippen molar-refractivity contribution in [1.82, 2.24) is 0 Å². The van der Waals surface area contributed by atoms with Crippen molar-refractivity contribution in [3.8, 4) is 0 Å². The first-order valence-electron chi connectivity index (χ1n) is 9.16. The van der Waals surface area contributed by atoms with Crippen molar-refractivity contribution in [3.05, 3.63) is 33.8 Å². The van der Waals surface area contributed by atoms with Crippen LogP contribution in [-0.2, 0) is 20.7 Å². The third-order valence-electron chi connectivity index (χ3n) is 5.93. The Morgan fingerprint density at radius 2 is 1.96 bits per heavy atom. The van der Waals surface area contributed by atoms with Crippen LogP contribution in [0.25, 0.3) is 0 Å². The second kappa shape index (κ2) is 7.55. The summed E-state index contributed by atoms with van der Waals surface area (Å²) in [5.74, 6) is -0.672. The van der Waals surface area contributed by atoms with Crippen LogP contribution in [0, 0.1) is 17.3 Å². The van der Waals surface area contributed by atoms with E-state index in [0.29, 0.717) is 19.4 Å². The molecule has 26 heavy (non-hydrogen) atoms. The van der Waals surface area contributed by atoms with Crippen molar-refractivity contribution in [2.75, 3.05) is 6.61 Å². The number of hydrogen-bond acceptors (Lipinski definition) is 3. The van der Waals surface area contributed by atoms with Crippen molar-refractivity contribution < 1.29 is 23.0 Å². The summed E-state index contributed by atoms with van der Waals surface area (Å²) < 4.78 is 36.8. The predicted octanol–water partition coefficient (Wildman–Crippen LogP) is 5.31. The van der Waals surface area contributed by atoms with Gasteiger partial charge in [0.1, 0.15) is 0 Å². The second-order valence-electron chi connectivity index (χ2n) is 7.79. The summed E-state index contributed by atoms with van der Waals surface area (Å²) >= 11 is 3.50. The SMILES string of the molecule is CCOC(=O)C1c2cc(Br)ccc2CC12CC(C)C(OC(F)F)C(C)C2. The zero-order valence-corrected chi connectivity index (χ0v) is 16.9. The van der Waals surface area contributed by atoms with Gasteiger partial charge in [0.05, 0.1) is 18.6 Å². The first-order valence-corrected chi connectivity index (χ1v) is 9.95. The number of ether oxygens (including phenoxy) is 2. The topological polar surface area (TPSA) is 35.5 Å². The Balaban J connectivity index is 1.96. The maximum Gasteiger partial charge on any atom is 0.345 e. The molecule has 3 unspecified atom stereocenters. The molecule has 0 bridgehead atoms. The smallest absolute Gasteiger partial charge is 0.345 e. The summed E-state index contributed by atoms with van der Waals surface area (Å²) in [4.78, 5) is 12.9. The summed E-state index contributed by atoms with van der Waals surface area (Å²) in [6, 6.07) is 6.04. The lowest BCUT2D eigenvalue weighted by Gasteiger charge is -2.47. The van der Waals surface area contributed by atoms with Crippen molar-refractivity contribution in [2.45, 2.75) is 58.7 Å². The van der Waals surface area contributed by atoms with E-state index in [2.05, 4.69) is 22.0 Å². The highest BCUT2D eigenvalue weighted by atomic mass is 79.9. The molecule has 1 saturated carbocycles. The van der Waals surface area contributed by atoms with Gasteiger partial charge in [-0.05, 0) is 66.7 Å². The van der Waals surface area contributed by atoms with E-state index in [1.807, 2.05) is 26.0 Å². The van der Waals surface area contributed by atoms with E-state index in [9.17, 15) is 13.6 Å². The van der Waals surface area contributed by atoms with Crippen LogP contribution in [0.5, 0.6) is 0 Å². The highest BCUT2D eigenvalue weighted by molar-refractivity contribution is 9.10. The van der Waals surface area contributed by atoms with Crippen molar-refractivity contribution in [2.24, 2.45) is 17.3 Å². The Labute approximate surface area is 161 Å². The van der Waals surface area contributed by atoms with Gasteiger partial charge in [0.25, 0.3) is 0 Å². The van der Waals surface area contributed by atoms with Crippen LogP contribution in [0.3, 0.4) is 0 Å². The Kier molecular flexibility index (Phi) is 5.73. The molecule has 6 heteroatoms. The average molecular weight is 431 g/mol. The molecular weight excluding hydrogens is 406 g/mol. The molecule has 3 nitrogen and oxygen atoms in total. The Hall–Kier alpha value is -1.01. The summed E-state index contributed by atoms with van der Waals surface area (Å²) in [5.41, 5.74) is 1.86. The van der Waals surface area contributed by atoms with Gasteiger partial charge in [-0.1, -0.05) is 35.8 Å². The van der Waals surface area contributed by atoms with Crippen LogP contribution in [-0.4, -0.2) is 25.3 Å². The van der Waals surface area contributed by atoms with Crippen molar-refractivity contribution in [1.29, 1.82) is 0 Å². The molecule has 0 aromatic heterocycles. The van der Waals surface area contributed by atoms with Crippen LogP contribution in [0.15, 0.2) is 22.7 Å². The van der Waals surface area contributed by atoms with Crippen LogP contribution in [0.1, 0.15) is 50.7 Å². The number of rotatable bonds is 4. The third kappa shape index (κ3) is 3.55. The van der Waals surface area contributed by atoms with Gasteiger partial charge in [-0.2, -0.15) is 8.78 Å². The molecule has 144 valence electrons. The molecule has 1 aromatic carbocycles. The minimum atomic E-state index is -2.77. The van der Waals surface area contributed by atoms with E-state index in [4.69, 9.17) is 9.47 Å². The highest BCUT2D eigenvalue weighted by Gasteiger charge is 2.55. The number of alkyl halides is 2. The zero-order chi connectivity index (χ0) is 19.1.